The van der Waals surface area contributed by atoms with Crippen LogP contribution in [0.3, 0.4) is 0 Å². The van der Waals surface area contributed by atoms with Crippen molar-refractivity contribution in [2.24, 2.45) is 0 Å². The first-order chi connectivity index (χ1) is 12.5. The van der Waals surface area contributed by atoms with Crippen molar-refractivity contribution in [2.45, 2.75) is 20.8 Å². The largest absolute Gasteiger partial charge is 0.360 e. The summed E-state index contributed by atoms with van der Waals surface area (Å²) in [7, 11) is 0. The lowest BCUT2D eigenvalue weighted by molar-refractivity contribution is 0.102. The number of carbonyl (C=O) groups excluding carboxylic acids is 1. The summed E-state index contributed by atoms with van der Waals surface area (Å²) in [6.07, 6.45) is 0. The van der Waals surface area contributed by atoms with E-state index in [2.05, 4.69) is 34.5 Å². The zero-order valence-corrected chi connectivity index (χ0v) is 15.5. The topological polar surface area (TPSA) is 68.0 Å². The van der Waals surface area contributed by atoms with Gasteiger partial charge in [-0.15, -0.1) is 0 Å². The Labute approximate surface area is 154 Å². The summed E-state index contributed by atoms with van der Waals surface area (Å²) in [6.45, 7) is 5.82. The van der Waals surface area contributed by atoms with Crippen LogP contribution in [0.15, 0.2) is 47.0 Å². The van der Waals surface area contributed by atoms with Crippen molar-refractivity contribution in [3.63, 3.8) is 0 Å². The second kappa shape index (κ2) is 6.38. The first kappa shape index (κ1) is 16.5. The van der Waals surface area contributed by atoms with E-state index in [1.807, 2.05) is 37.3 Å². The molecule has 4 rings (SSSR count). The molecule has 4 aromatic rings. The number of aromatic nitrogens is 2. The van der Waals surface area contributed by atoms with Gasteiger partial charge < -0.3 is 4.52 Å². The Morgan fingerprint density at radius 1 is 1.12 bits per heavy atom. The van der Waals surface area contributed by atoms with Gasteiger partial charge in [0.25, 0.3) is 5.91 Å². The third-order valence-corrected chi connectivity index (χ3v) is 5.11. The molecule has 6 heteroatoms. The number of hydrogen-bond donors (Lipinski definition) is 1. The Morgan fingerprint density at radius 3 is 2.65 bits per heavy atom. The van der Waals surface area contributed by atoms with Gasteiger partial charge >= 0.3 is 0 Å². The van der Waals surface area contributed by atoms with Crippen LogP contribution in [0.4, 0.5) is 5.13 Å². The fourth-order valence-electron chi connectivity index (χ4n) is 3.02. The maximum atomic E-state index is 12.9. The SMILES string of the molecule is Cc1cc(C)c2nc(NC(=O)c3c(-c4ccccc4)noc3C)sc2c1. The normalized spacial score (nSPS) is 11.0. The van der Waals surface area contributed by atoms with Crippen LogP contribution in [0.1, 0.15) is 27.2 Å². The van der Waals surface area contributed by atoms with E-state index in [1.54, 1.807) is 6.92 Å². The van der Waals surface area contributed by atoms with Gasteiger partial charge in [0, 0.05) is 5.56 Å². The van der Waals surface area contributed by atoms with Crippen molar-refractivity contribution in [1.82, 2.24) is 10.1 Å². The van der Waals surface area contributed by atoms with E-state index in [9.17, 15) is 4.79 Å². The number of aryl methyl sites for hydroxylation is 3. The van der Waals surface area contributed by atoms with E-state index >= 15 is 0 Å². The second-order valence-electron chi connectivity index (χ2n) is 6.23. The standard InChI is InChI=1S/C20H17N3O2S/c1-11-9-12(2)17-15(10-11)26-20(21-17)22-19(24)16-13(3)25-23-18(16)14-7-5-4-6-8-14/h4-10H,1-3H3,(H,21,22,24). The quantitative estimate of drug-likeness (QED) is 0.548. The molecule has 1 amide bonds. The molecule has 0 unspecified atom stereocenters. The predicted molar refractivity (Wildman–Crippen MR) is 104 cm³/mol. The van der Waals surface area contributed by atoms with Gasteiger partial charge in [-0.05, 0) is 38.0 Å². The minimum Gasteiger partial charge on any atom is -0.360 e. The number of thiazole rings is 1. The molecule has 0 fully saturated rings. The van der Waals surface area contributed by atoms with E-state index in [-0.39, 0.29) is 5.91 Å². The number of benzene rings is 2. The molecule has 1 N–H and O–H groups in total. The summed E-state index contributed by atoms with van der Waals surface area (Å²) in [5.74, 6) is 0.213. The Hall–Kier alpha value is -2.99. The third kappa shape index (κ3) is 2.88. The van der Waals surface area contributed by atoms with Crippen LogP contribution in [-0.4, -0.2) is 16.0 Å². The molecule has 0 spiro atoms. The maximum absolute atomic E-state index is 12.9. The molecule has 26 heavy (non-hydrogen) atoms. The molecule has 5 nitrogen and oxygen atoms in total. The fraction of sp³-hybridized carbons (Fsp3) is 0.150. The first-order valence-electron chi connectivity index (χ1n) is 8.24. The molecule has 2 heterocycles. The fourth-order valence-corrected chi connectivity index (χ4v) is 4.05. The monoisotopic (exact) mass is 363 g/mol. The highest BCUT2D eigenvalue weighted by Crippen LogP contribution is 2.31. The molecule has 0 aliphatic carbocycles. The van der Waals surface area contributed by atoms with Crippen molar-refractivity contribution in [3.05, 3.63) is 64.9 Å². The highest BCUT2D eigenvalue weighted by atomic mass is 32.1. The molecule has 2 aromatic heterocycles. The smallest absolute Gasteiger partial charge is 0.263 e. The average Bonchev–Trinajstić information content (AvgIpc) is 3.19. The summed E-state index contributed by atoms with van der Waals surface area (Å²) in [5, 5.41) is 7.53. The molecule has 2 aromatic carbocycles. The lowest BCUT2D eigenvalue weighted by atomic mass is 10.1. The Bertz CT molecular complexity index is 1110. The third-order valence-electron chi connectivity index (χ3n) is 4.19. The number of hydrogen-bond acceptors (Lipinski definition) is 5. The lowest BCUT2D eigenvalue weighted by Gasteiger charge is -2.02. The molecule has 0 bridgehead atoms. The van der Waals surface area contributed by atoms with Gasteiger partial charge in [-0.1, -0.05) is 52.9 Å². The summed E-state index contributed by atoms with van der Waals surface area (Å²) < 4.78 is 6.33. The Kier molecular flexibility index (Phi) is 4.05. The minimum absolute atomic E-state index is 0.268. The van der Waals surface area contributed by atoms with Crippen molar-refractivity contribution in [1.29, 1.82) is 0 Å². The van der Waals surface area contributed by atoms with Crippen molar-refractivity contribution >= 4 is 32.6 Å². The molecular weight excluding hydrogens is 346 g/mol. The molecule has 0 atom stereocenters. The molecule has 0 aliphatic rings. The van der Waals surface area contributed by atoms with Crippen LogP contribution < -0.4 is 5.32 Å². The zero-order chi connectivity index (χ0) is 18.3. The lowest BCUT2D eigenvalue weighted by Crippen LogP contribution is -2.13. The zero-order valence-electron chi connectivity index (χ0n) is 14.7. The number of nitrogens with one attached hydrogen (secondary N) is 1. The van der Waals surface area contributed by atoms with Crippen molar-refractivity contribution < 1.29 is 9.32 Å². The highest BCUT2D eigenvalue weighted by Gasteiger charge is 2.22. The highest BCUT2D eigenvalue weighted by molar-refractivity contribution is 7.22. The number of amides is 1. The van der Waals surface area contributed by atoms with Crippen LogP contribution in [-0.2, 0) is 0 Å². The molecule has 0 aliphatic heterocycles. The number of rotatable bonds is 3. The van der Waals surface area contributed by atoms with E-state index in [4.69, 9.17) is 4.52 Å². The second-order valence-corrected chi connectivity index (χ2v) is 7.26. The van der Waals surface area contributed by atoms with Crippen LogP contribution in [0.2, 0.25) is 0 Å². The predicted octanol–water partition coefficient (Wildman–Crippen LogP) is 5.13. The van der Waals surface area contributed by atoms with Gasteiger partial charge in [0.2, 0.25) is 0 Å². The van der Waals surface area contributed by atoms with E-state index < -0.39 is 0 Å². The number of fused-ring (bicyclic) bond motifs is 1. The maximum Gasteiger partial charge on any atom is 0.263 e. The number of anilines is 1. The van der Waals surface area contributed by atoms with Gasteiger partial charge in [-0.25, -0.2) is 4.98 Å². The Morgan fingerprint density at radius 2 is 1.88 bits per heavy atom. The van der Waals surface area contributed by atoms with Crippen LogP contribution in [0, 0.1) is 20.8 Å². The van der Waals surface area contributed by atoms with Crippen LogP contribution >= 0.6 is 11.3 Å². The molecular formula is C20H17N3O2S. The minimum atomic E-state index is -0.268. The van der Waals surface area contributed by atoms with Gasteiger partial charge in [0.15, 0.2) is 5.13 Å². The van der Waals surface area contributed by atoms with Crippen molar-refractivity contribution in [3.8, 4) is 11.3 Å². The van der Waals surface area contributed by atoms with E-state index in [0.717, 1.165) is 21.3 Å². The summed E-state index contributed by atoms with van der Waals surface area (Å²) in [5.41, 5.74) is 5.00. The van der Waals surface area contributed by atoms with E-state index in [1.165, 1.54) is 16.9 Å². The first-order valence-corrected chi connectivity index (χ1v) is 9.05. The number of carbonyl (C=O) groups is 1. The van der Waals surface area contributed by atoms with Gasteiger partial charge in [-0.2, -0.15) is 0 Å². The molecule has 0 saturated heterocycles. The summed E-state index contributed by atoms with van der Waals surface area (Å²) >= 11 is 1.46. The van der Waals surface area contributed by atoms with Gasteiger partial charge in [-0.3, -0.25) is 10.1 Å². The number of nitrogens with zero attached hydrogens (tertiary/aromatic N) is 2. The molecule has 0 saturated carbocycles. The Balaban J connectivity index is 1.70. The van der Waals surface area contributed by atoms with Crippen LogP contribution in [0.5, 0.6) is 0 Å². The van der Waals surface area contributed by atoms with Crippen molar-refractivity contribution in [2.75, 3.05) is 5.32 Å². The average molecular weight is 363 g/mol. The van der Waals surface area contributed by atoms with E-state index in [0.29, 0.717) is 22.1 Å². The molecule has 0 radical (unpaired) electrons. The summed E-state index contributed by atoms with van der Waals surface area (Å²) in [4.78, 5) is 17.4. The van der Waals surface area contributed by atoms with Gasteiger partial charge in [0.05, 0.1) is 10.2 Å². The molecule has 130 valence electrons. The van der Waals surface area contributed by atoms with Crippen LogP contribution in [0.25, 0.3) is 21.5 Å². The van der Waals surface area contributed by atoms with Gasteiger partial charge in [0.1, 0.15) is 17.0 Å². The summed E-state index contributed by atoms with van der Waals surface area (Å²) in [6, 6.07) is 13.7.